The molecule has 6 nitrogen and oxygen atoms in total. The average molecular weight is 264 g/mol. The first-order valence-electron chi connectivity index (χ1n) is 5.70. The molecule has 1 saturated heterocycles. The van der Waals surface area contributed by atoms with Crippen molar-refractivity contribution in [2.24, 2.45) is 0 Å². The molecule has 1 aliphatic rings. The molecule has 1 aliphatic heterocycles. The van der Waals surface area contributed by atoms with Gasteiger partial charge in [-0.2, -0.15) is 0 Å². The van der Waals surface area contributed by atoms with Crippen LogP contribution in [0.1, 0.15) is 19.3 Å². The molecule has 0 aromatic heterocycles. The van der Waals surface area contributed by atoms with Crippen molar-refractivity contribution in [3.05, 3.63) is 0 Å². The number of hydrogen-bond donors (Lipinski definition) is 1. The molecule has 0 amide bonds. The number of carbonyl (C=O) groups is 1. The summed E-state index contributed by atoms with van der Waals surface area (Å²) in [4.78, 5) is 10.9. The lowest BCUT2D eigenvalue weighted by Gasteiger charge is -2.30. The van der Waals surface area contributed by atoms with E-state index < -0.39 is 16.0 Å². The zero-order valence-corrected chi connectivity index (χ0v) is 11.1. The molecule has 0 bridgehead atoms. The smallest absolute Gasteiger partial charge is 0.306 e. The van der Waals surface area contributed by atoms with Gasteiger partial charge >= 0.3 is 5.97 Å². The van der Waals surface area contributed by atoms with Gasteiger partial charge in [-0.25, -0.2) is 12.7 Å². The molecule has 1 rings (SSSR count). The molecular formula is C10H20N2O4S. The number of ether oxygens (including phenoxy) is 1. The number of rotatable bonds is 5. The summed E-state index contributed by atoms with van der Waals surface area (Å²) in [5.41, 5.74) is 0. The fourth-order valence-corrected chi connectivity index (χ4v) is 3.23. The van der Waals surface area contributed by atoms with Crippen LogP contribution in [0.2, 0.25) is 0 Å². The minimum Gasteiger partial charge on any atom is -0.469 e. The highest BCUT2D eigenvalue weighted by molar-refractivity contribution is 7.89. The first kappa shape index (κ1) is 14.4. The van der Waals surface area contributed by atoms with Gasteiger partial charge in [0, 0.05) is 13.1 Å². The van der Waals surface area contributed by atoms with Gasteiger partial charge in [-0.1, -0.05) is 0 Å². The summed E-state index contributed by atoms with van der Waals surface area (Å²) >= 11 is 0. The van der Waals surface area contributed by atoms with Gasteiger partial charge < -0.3 is 10.1 Å². The van der Waals surface area contributed by atoms with E-state index in [9.17, 15) is 13.2 Å². The van der Waals surface area contributed by atoms with Crippen molar-refractivity contribution in [1.82, 2.24) is 9.62 Å². The topological polar surface area (TPSA) is 75.7 Å². The molecule has 0 unspecified atom stereocenters. The second kappa shape index (κ2) is 6.32. The van der Waals surface area contributed by atoms with E-state index in [-0.39, 0.29) is 18.2 Å². The van der Waals surface area contributed by atoms with E-state index in [1.54, 1.807) is 7.05 Å². The van der Waals surface area contributed by atoms with Gasteiger partial charge in [-0.3, -0.25) is 4.79 Å². The fourth-order valence-electron chi connectivity index (χ4n) is 1.86. The van der Waals surface area contributed by atoms with Crippen molar-refractivity contribution >= 4 is 16.0 Å². The van der Waals surface area contributed by atoms with Crippen molar-refractivity contribution < 1.29 is 17.9 Å². The minimum atomic E-state index is -3.36. The number of methoxy groups -OCH3 is 1. The molecule has 17 heavy (non-hydrogen) atoms. The normalized spacial score (nSPS) is 18.3. The number of hydrogen-bond acceptors (Lipinski definition) is 5. The Morgan fingerprint density at radius 2 is 2.00 bits per heavy atom. The average Bonchev–Trinajstić information content (AvgIpc) is 2.36. The van der Waals surface area contributed by atoms with Crippen molar-refractivity contribution in [1.29, 1.82) is 0 Å². The van der Waals surface area contributed by atoms with E-state index in [0.29, 0.717) is 0 Å². The third kappa shape index (κ3) is 4.25. The maximum atomic E-state index is 11.9. The van der Waals surface area contributed by atoms with Crippen LogP contribution >= 0.6 is 0 Å². The molecule has 100 valence electrons. The van der Waals surface area contributed by atoms with Crippen LogP contribution in [-0.4, -0.2) is 57.7 Å². The van der Waals surface area contributed by atoms with Crippen LogP contribution in [0.15, 0.2) is 0 Å². The first-order chi connectivity index (χ1) is 7.97. The molecule has 0 spiro atoms. The van der Waals surface area contributed by atoms with E-state index in [0.717, 1.165) is 25.9 Å². The maximum absolute atomic E-state index is 11.9. The van der Waals surface area contributed by atoms with Crippen LogP contribution < -0.4 is 5.32 Å². The van der Waals surface area contributed by atoms with Gasteiger partial charge in [0.2, 0.25) is 10.0 Å². The largest absolute Gasteiger partial charge is 0.469 e. The molecule has 0 atom stereocenters. The Kier molecular flexibility index (Phi) is 5.35. The van der Waals surface area contributed by atoms with E-state index in [1.165, 1.54) is 11.4 Å². The summed E-state index contributed by atoms with van der Waals surface area (Å²) < 4.78 is 29.7. The van der Waals surface area contributed by atoms with Crippen molar-refractivity contribution in [2.45, 2.75) is 25.3 Å². The Labute approximate surface area is 102 Å². The molecule has 0 aromatic carbocycles. The highest BCUT2D eigenvalue weighted by atomic mass is 32.2. The van der Waals surface area contributed by atoms with Gasteiger partial charge in [0.25, 0.3) is 0 Å². The van der Waals surface area contributed by atoms with Crippen LogP contribution in [0, 0.1) is 0 Å². The first-order valence-corrected chi connectivity index (χ1v) is 7.31. The van der Waals surface area contributed by atoms with Gasteiger partial charge in [0.1, 0.15) is 0 Å². The maximum Gasteiger partial charge on any atom is 0.306 e. The number of carbonyl (C=O) groups excluding carboxylic acids is 1. The molecule has 0 aliphatic carbocycles. The van der Waals surface area contributed by atoms with Crippen molar-refractivity contribution in [2.75, 3.05) is 33.0 Å². The zero-order valence-electron chi connectivity index (χ0n) is 10.3. The highest BCUT2D eigenvalue weighted by Crippen LogP contribution is 2.14. The zero-order chi connectivity index (χ0) is 12.9. The second-order valence-electron chi connectivity index (χ2n) is 4.14. The van der Waals surface area contributed by atoms with Crippen LogP contribution in [0.4, 0.5) is 0 Å². The molecule has 1 fully saturated rings. The Bertz CT molecular complexity index is 349. The molecular weight excluding hydrogens is 244 g/mol. The SMILES string of the molecule is COC(=O)CCS(=O)(=O)N(C)C1CCNCC1. The summed E-state index contributed by atoms with van der Waals surface area (Å²) in [6.45, 7) is 1.67. The van der Waals surface area contributed by atoms with E-state index >= 15 is 0 Å². The van der Waals surface area contributed by atoms with Crippen LogP contribution in [0.25, 0.3) is 0 Å². The van der Waals surface area contributed by atoms with Gasteiger partial charge in [-0.15, -0.1) is 0 Å². The molecule has 0 aromatic rings. The molecule has 1 heterocycles. The molecule has 1 N–H and O–H groups in total. The number of sulfonamides is 1. The number of esters is 1. The highest BCUT2D eigenvalue weighted by Gasteiger charge is 2.27. The summed E-state index contributed by atoms with van der Waals surface area (Å²) in [6, 6.07) is 0.0406. The summed E-state index contributed by atoms with van der Waals surface area (Å²) in [7, 11) is -0.519. The van der Waals surface area contributed by atoms with Gasteiger partial charge in [0.05, 0.1) is 19.3 Å². The lowest BCUT2D eigenvalue weighted by Crippen LogP contribution is -2.44. The Hall–Kier alpha value is -0.660. The third-order valence-electron chi connectivity index (χ3n) is 3.05. The predicted octanol–water partition coefficient (Wildman–Crippen LogP) is -0.437. The summed E-state index contributed by atoms with van der Waals surface area (Å²) in [5, 5.41) is 3.18. The van der Waals surface area contributed by atoms with Gasteiger partial charge in [-0.05, 0) is 25.9 Å². The number of nitrogens with zero attached hydrogens (tertiary/aromatic N) is 1. The monoisotopic (exact) mass is 264 g/mol. The molecule has 7 heteroatoms. The van der Waals surface area contributed by atoms with Crippen molar-refractivity contribution in [3.63, 3.8) is 0 Å². The Morgan fingerprint density at radius 3 is 2.53 bits per heavy atom. The van der Waals surface area contributed by atoms with Crippen LogP contribution in [0.3, 0.4) is 0 Å². The van der Waals surface area contributed by atoms with Crippen molar-refractivity contribution in [3.8, 4) is 0 Å². The number of nitrogens with one attached hydrogen (secondary N) is 1. The van der Waals surface area contributed by atoms with E-state index in [4.69, 9.17) is 0 Å². The lowest BCUT2D eigenvalue weighted by molar-refractivity contribution is -0.140. The van der Waals surface area contributed by atoms with Crippen LogP contribution in [0.5, 0.6) is 0 Å². The predicted molar refractivity (Wildman–Crippen MR) is 64.1 cm³/mol. The molecule has 0 radical (unpaired) electrons. The number of piperidine rings is 1. The quantitative estimate of drug-likeness (QED) is 0.682. The minimum absolute atomic E-state index is 0.0406. The van der Waals surface area contributed by atoms with E-state index in [1.807, 2.05) is 0 Å². The van der Waals surface area contributed by atoms with Crippen LogP contribution in [-0.2, 0) is 19.6 Å². The Balaban J connectivity index is 2.53. The lowest BCUT2D eigenvalue weighted by atomic mass is 10.1. The van der Waals surface area contributed by atoms with E-state index in [2.05, 4.69) is 10.1 Å². The Morgan fingerprint density at radius 1 is 1.41 bits per heavy atom. The summed E-state index contributed by atoms with van der Waals surface area (Å²) in [6.07, 6.45) is 1.54. The standard InChI is InChI=1S/C10H20N2O4S/c1-12(9-3-6-11-7-4-9)17(14,15)8-5-10(13)16-2/h9,11H,3-8H2,1-2H3. The molecule has 0 saturated carbocycles. The third-order valence-corrected chi connectivity index (χ3v) is 4.95. The summed E-state index contributed by atoms with van der Waals surface area (Å²) in [5.74, 6) is -0.674. The van der Waals surface area contributed by atoms with Gasteiger partial charge in [0.15, 0.2) is 0 Å². The fraction of sp³-hybridized carbons (Fsp3) is 0.900. The second-order valence-corrected chi connectivity index (χ2v) is 6.29.